The van der Waals surface area contributed by atoms with E-state index >= 15 is 0 Å². The summed E-state index contributed by atoms with van der Waals surface area (Å²) >= 11 is 1.65. The van der Waals surface area contributed by atoms with E-state index in [2.05, 4.69) is 20.5 Å². The first-order valence-corrected chi connectivity index (χ1v) is 4.84. The molecule has 0 bridgehead atoms. The quantitative estimate of drug-likeness (QED) is 0.563. The van der Waals surface area contributed by atoms with Crippen LogP contribution in [0.25, 0.3) is 0 Å². The second-order valence-electron chi connectivity index (χ2n) is 2.84. The van der Waals surface area contributed by atoms with E-state index < -0.39 is 0 Å². The minimum Gasteiger partial charge on any atom is -0.368 e. The van der Waals surface area contributed by atoms with Crippen molar-refractivity contribution in [2.75, 3.05) is 24.6 Å². The lowest BCUT2D eigenvalue weighted by Crippen LogP contribution is -2.43. The third-order valence-electron chi connectivity index (χ3n) is 1.80. The molecule has 1 aliphatic rings. The molecule has 1 aromatic heterocycles. The summed E-state index contributed by atoms with van der Waals surface area (Å²) in [4.78, 5) is 3.99. The molecule has 2 rings (SSSR count). The Balaban J connectivity index is 1.79. The predicted molar refractivity (Wildman–Crippen MR) is 47.9 cm³/mol. The molecule has 1 aromatic rings. The fourth-order valence-corrected chi connectivity index (χ4v) is 1.87. The average Bonchev–Trinajstić information content (AvgIpc) is 2.32. The maximum absolute atomic E-state index is 5.38. The van der Waals surface area contributed by atoms with Crippen molar-refractivity contribution < 1.29 is 0 Å². The van der Waals surface area contributed by atoms with Gasteiger partial charge in [-0.3, -0.25) is 0 Å². The lowest BCUT2D eigenvalue weighted by atomic mass is 10.1. The molecule has 1 aliphatic heterocycles. The molecule has 1 fully saturated rings. The first-order valence-electron chi connectivity index (χ1n) is 3.86. The van der Waals surface area contributed by atoms with Crippen molar-refractivity contribution in [2.24, 2.45) is 5.92 Å². The molecule has 5 nitrogen and oxygen atoms in total. The number of nitrogens with two attached hydrogens (primary N) is 1. The Labute approximate surface area is 74.5 Å². The molecule has 1 saturated heterocycles. The van der Waals surface area contributed by atoms with Crippen LogP contribution < -0.4 is 11.1 Å². The van der Waals surface area contributed by atoms with E-state index in [0.717, 1.165) is 29.9 Å². The summed E-state index contributed by atoms with van der Waals surface area (Å²) in [6.07, 6.45) is 0. The number of nitrogen functional groups attached to an aromatic ring is 1. The van der Waals surface area contributed by atoms with Gasteiger partial charge in [0.1, 0.15) is 0 Å². The third-order valence-corrected chi connectivity index (χ3v) is 2.88. The molecule has 0 aromatic carbocycles. The van der Waals surface area contributed by atoms with E-state index in [0.29, 0.717) is 5.95 Å². The summed E-state index contributed by atoms with van der Waals surface area (Å²) in [5, 5.41) is 10.5. The van der Waals surface area contributed by atoms with E-state index in [1.807, 2.05) is 0 Å². The highest BCUT2D eigenvalue weighted by molar-refractivity contribution is 7.99. The Morgan fingerprint density at radius 1 is 1.58 bits per heavy atom. The number of aromatic nitrogens is 3. The molecule has 0 saturated carbocycles. The summed E-state index contributed by atoms with van der Waals surface area (Å²) in [6.45, 7) is 2.24. The molecule has 0 radical (unpaired) electrons. The number of nitrogens with one attached hydrogen (secondary N) is 2. The van der Waals surface area contributed by atoms with Crippen LogP contribution in [-0.2, 0) is 0 Å². The molecule has 0 amide bonds. The Hall–Kier alpha value is -0.750. The Kier molecular flexibility index (Phi) is 2.18. The molecule has 66 valence electrons. The predicted octanol–water partition coefficient (Wildman–Crippen LogP) is -0.302. The topological polar surface area (TPSA) is 79.6 Å². The molecule has 0 atom stereocenters. The lowest BCUT2D eigenvalue weighted by Gasteiger charge is -2.25. The van der Waals surface area contributed by atoms with Crippen molar-refractivity contribution >= 4 is 17.7 Å². The van der Waals surface area contributed by atoms with E-state index in [4.69, 9.17) is 5.73 Å². The maximum Gasteiger partial charge on any atom is 0.216 e. The van der Waals surface area contributed by atoms with Gasteiger partial charge in [-0.1, -0.05) is 11.8 Å². The van der Waals surface area contributed by atoms with Crippen molar-refractivity contribution in [3.8, 4) is 0 Å². The number of hydrogen-bond acceptors (Lipinski definition) is 5. The van der Waals surface area contributed by atoms with Crippen molar-refractivity contribution in [1.29, 1.82) is 0 Å². The van der Waals surface area contributed by atoms with E-state index in [9.17, 15) is 0 Å². The van der Waals surface area contributed by atoms with E-state index in [-0.39, 0.29) is 0 Å². The smallest absolute Gasteiger partial charge is 0.216 e. The van der Waals surface area contributed by atoms with Gasteiger partial charge in [0.2, 0.25) is 11.1 Å². The van der Waals surface area contributed by atoms with Crippen LogP contribution in [0.5, 0.6) is 0 Å². The van der Waals surface area contributed by atoms with Crippen molar-refractivity contribution in [2.45, 2.75) is 5.16 Å². The van der Waals surface area contributed by atoms with Gasteiger partial charge in [-0.05, 0) is 19.0 Å². The van der Waals surface area contributed by atoms with Gasteiger partial charge in [-0.25, -0.2) is 5.10 Å². The van der Waals surface area contributed by atoms with E-state index in [1.54, 1.807) is 11.8 Å². The van der Waals surface area contributed by atoms with Gasteiger partial charge in [-0.2, -0.15) is 4.98 Å². The first kappa shape index (κ1) is 7.88. The van der Waals surface area contributed by atoms with Crippen LogP contribution in [0, 0.1) is 5.92 Å². The fraction of sp³-hybridized carbons (Fsp3) is 0.667. The highest BCUT2D eigenvalue weighted by Gasteiger charge is 2.17. The van der Waals surface area contributed by atoms with Gasteiger partial charge in [0.05, 0.1) is 0 Å². The van der Waals surface area contributed by atoms with Crippen LogP contribution in [0.15, 0.2) is 5.16 Å². The highest BCUT2D eigenvalue weighted by Crippen LogP contribution is 2.18. The SMILES string of the molecule is Nc1nc(SCC2CNC2)n[nH]1. The molecule has 0 unspecified atom stereocenters. The summed E-state index contributed by atoms with van der Waals surface area (Å²) in [5.41, 5.74) is 5.38. The van der Waals surface area contributed by atoms with Crippen LogP contribution >= 0.6 is 11.8 Å². The van der Waals surface area contributed by atoms with Gasteiger partial charge in [-0.15, -0.1) is 5.10 Å². The van der Waals surface area contributed by atoms with Crippen LogP contribution in [0.4, 0.5) is 5.95 Å². The molecule has 0 aliphatic carbocycles. The Bertz CT molecular complexity index is 256. The van der Waals surface area contributed by atoms with E-state index in [1.165, 1.54) is 0 Å². The molecular formula is C6H11N5S. The second-order valence-corrected chi connectivity index (χ2v) is 3.83. The zero-order chi connectivity index (χ0) is 8.39. The number of anilines is 1. The fourth-order valence-electron chi connectivity index (χ4n) is 0.981. The second kappa shape index (κ2) is 3.32. The zero-order valence-corrected chi connectivity index (χ0v) is 7.40. The van der Waals surface area contributed by atoms with Crippen molar-refractivity contribution in [3.63, 3.8) is 0 Å². The molecule has 12 heavy (non-hydrogen) atoms. The number of rotatable bonds is 3. The number of hydrogen-bond donors (Lipinski definition) is 3. The number of nitrogens with zero attached hydrogens (tertiary/aromatic N) is 2. The zero-order valence-electron chi connectivity index (χ0n) is 6.58. The lowest BCUT2D eigenvalue weighted by molar-refractivity contribution is 0.385. The Morgan fingerprint density at radius 3 is 2.92 bits per heavy atom. The van der Waals surface area contributed by atoms with Crippen LogP contribution in [-0.4, -0.2) is 34.0 Å². The largest absolute Gasteiger partial charge is 0.368 e. The standard InChI is InChI=1S/C6H11N5S/c7-5-9-6(11-10-5)12-3-4-1-8-2-4/h4,8H,1-3H2,(H3,7,9,10,11). The Morgan fingerprint density at radius 2 is 2.42 bits per heavy atom. The van der Waals surface area contributed by atoms with Crippen molar-refractivity contribution in [1.82, 2.24) is 20.5 Å². The van der Waals surface area contributed by atoms with Gasteiger partial charge in [0.25, 0.3) is 0 Å². The summed E-state index contributed by atoms with van der Waals surface area (Å²) < 4.78 is 0. The van der Waals surface area contributed by atoms with Crippen LogP contribution in [0.3, 0.4) is 0 Å². The average molecular weight is 185 g/mol. The summed E-state index contributed by atoms with van der Waals surface area (Å²) in [7, 11) is 0. The first-order chi connectivity index (χ1) is 5.84. The maximum atomic E-state index is 5.38. The highest BCUT2D eigenvalue weighted by atomic mass is 32.2. The number of H-pyrrole nitrogens is 1. The molecular weight excluding hydrogens is 174 g/mol. The normalized spacial score (nSPS) is 17.7. The number of aromatic amines is 1. The molecule has 4 N–H and O–H groups in total. The van der Waals surface area contributed by atoms with Crippen molar-refractivity contribution in [3.05, 3.63) is 0 Å². The van der Waals surface area contributed by atoms with Crippen LogP contribution in [0.1, 0.15) is 0 Å². The number of thioether (sulfide) groups is 1. The summed E-state index contributed by atoms with van der Waals surface area (Å²) in [6, 6.07) is 0. The van der Waals surface area contributed by atoms with Gasteiger partial charge >= 0.3 is 0 Å². The molecule has 2 heterocycles. The van der Waals surface area contributed by atoms with Gasteiger partial charge in [0, 0.05) is 5.75 Å². The summed E-state index contributed by atoms with van der Waals surface area (Å²) in [5.74, 6) is 2.24. The molecule has 6 heteroatoms. The van der Waals surface area contributed by atoms with Gasteiger partial charge in [0.15, 0.2) is 0 Å². The van der Waals surface area contributed by atoms with Gasteiger partial charge < -0.3 is 11.1 Å². The van der Waals surface area contributed by atoms with Crippen LogP contribution in [0.2, 0.25) is 0 Å². The monoisotopic (exact) mass is 185 g/mol. The minimum absolute atomic E-state index is 0.393. The minimum atomic E-state index is 0.393. The molecule has 0 spiro atoms. The third kappa shape index (κ3) is 1.70.